The average molecular weight is 169 g/mol. The molecule has 0 aliphatic heterocycles. The van der Waals surface area contributed by atoms with Gasteiger partial charge in [0.15, 0.2) is 0 Å². The summed E-state index contributed by atoms with van der Waals surface area (Å²) < 4.78 is 29.0. The highest BCUT2D eigenvalue weighted by Crippen LogP contribution is 1.96. The Hall–Kier alpha value is -0.170. The van der Waals surface area contributed by atoms with Gasteiger partial charge in [-0.15, -0.1) is 0 Å². The Kier molecular flexibility index (Phi) is 2.78. The Morgan fingerprint density at radius 2 is 1.90 bits per heavy atom. The van der Waals surface area contributed by atoms with Crippen molar-refractivity contribution in [3.05, 3.63) is 0 Å². The fraction of sp³-hybridized carbons (Fsp3) is 1.00. The van der Waals surface area contributed by atoms with E-state index >= 15 is 0 Å². The second-order valence-electron chi connectivity index (χ2n) is 2.83. The van der Waals surface area contributed by atoms with Crippen LogP contribution in [-0.2, 0) is 10.1 Å². The molecule has 3 N–H and O–H groups in total. The van der Waals surface area contributed by atoms with Crippen LogP contribution >= 0.6 is 0 Å². The third kappa shape index (κ3) is 4.68. The van der Waals surface area contributed by atoms with E-state index in [-0.39, 0.29) is 17.0 Å². The van der Waals surface area contributed by atoms with Crippen LogP contribution in [0.3, 0.4) is 0 Å². The molecule has 0 spiro atoms. The highest BCUT2D eigenvalue weighted by Gasteiger charge is 2.20. The van der Waals surface area contributed by atoms with Crippen LogP contribution in [0, 0.1) is 0 Å². The molecule has 0 radical (unpaired) electrons. The molecule has 10 heavy (non-hydrogen) atoms. The van der Waals surface area contributed by atoms with Gasteiger partial charge in [-0.3, -0.25) is 10.3 Å². The molecule has 62 valence electrons. The molecule has 0 saturated heterocycles. The minimum absolute atomic E-state index is 0.0683. The Morgan fingerprint density at radius 1 is 1.50 bits per heavy atom. The summed E-state index contributed by atoms with van der Waals surface area (Å²) in [6, 6.07) is 0. The lowest BCUT2D eigenvalue weighted by Gasteiger charge is -2.25. The van der Waals surface area contributed by atoms with Crippen molar-refractivity contribution in [2.45, 2.75) is 0 Å². The lowest BCUT2D eigenvalue weighted by molar-refractivity contribution is -0.878. The van der Waals surface area contributed by atoms with Crippen LogP contribution < -0.4 is 5.73 Å². The number of nitrogens with zero attached hydrogens (tertiary/aromatic N) is 1. The van der Waals surface area contributed by atoms with E-state index in [4.69, 9.17) is 10.3 Å². The first kappa shape index (κ1) is 9.83. The van der Waals surface area contributed by atoms with Crippen LogP contribution in [-0.4, -0.2) is 44.1 Å². The molecule has 0 aromatic heterocycles. The van der Waals surface area contributed by atoms with Gasteiger partial charge < -0.3 is 4.48 Å². The molecule has 0 saturated carbocycles. The summed E-state index contributed by atoms with van der Waals surface area (Å²) in [4.78, 5) is 0. The van der Waals surface area contributed by atoms with E-state index in [1.807, 2.05) is 0 Å². The van der Waals surface area contributed by atoms with Crippen molar-refractivity contribution in [3.63, 3.8) is 0 Å². The quantitative estimate of drug-likeness (QED) is 0.317. The van der Waals surface area contributed by atoms with Gasteiger partial charge in [-0.25, -0.2) is 0 Å². The van der Waals surface area contributed by atoms with Crippen molar-refractivity contribution >= 4 is 10.1 Å². The number of hydrogen-bond acceptors (Lipinski definition) is 3. The lowest BCUT2D eigenvalue weighted by atomic mass is 10.7. The molecule has 0 aromatic carbocycles. The van der Waals surface area contributed by atoms with Crippen LogP contribution in [0.2, 0.25) is 0 Å². The van der Waals surface area contributed by atoms with E-state index in [9.17, 15) is 8.42 Å². The van der Waals surface area contributed by atoms with Crippen LogP contribution in [0.1, 0.15) is 0 Å². The van der Waals surface area contributed by atoms with Crippen LogP contribution in [0.25, 0.3) is 0 Å². The second-order valence-corrected chi connectivity index (χ2v) is 4.25. The minimum Gasteiger partial charge on any atom is -0.302 e. The van der Waals surface area contributed by atoms with E-state index in [1.54, 1.807) is 14.1 Å². The standard InChI is InChI=1S/C4H12N2O3S/c1-6(2,3-5)4-10(7,8)9/h3-5H2,1-2H3/p+1. The molecule has 5 nitrogen and oxygen atoms in total. The van der Waals surface area contributed by atoms with E-state index < -0.39 is 10.1 Å². The molecule has 0 atom stereocenters. The maximum atomic E-state index is 10.3. The Labute approximate surface area is 60.8 Å². The molecule has 0 aliphatic rings. The first-order valence-electron chi connectivity index (χ1n) is 2.74. The lowest BCUT2D eigenvalue weighted by Crippen LogP contribution is -2.47. The van der Waals surface area contributed by atoms with Crippen molar-refractivity contribution in [1.82, 2.24) is 0 Å². The van der Waals surface area contributed by atoms with E-state index in [1.165, 1.54) is 0 Å². The Bertz CT molecular complexity index is 197. The van der Waals surface area contributed by atoms with Gasteiger partial charge in [0.1, 0.15) is 6.67 Å². The third-order valence-electron chi connectivity index (χ3n) is 1.01. The molecular weight excluding hydrogens is 156 g/mol. The van der Waals surface area contributed by atoms with Crippen molar-refractivity contribution in [2.75, 3.05) is 26.6 Å². The van der Waals surface area contributed by atoms with Crippen molar-refractivity contribution in [2.24, 2.45) is 5.73 Å². The van der Waals surface area contributed by atoms with Crippen LogP contribution in [0.15, 0.2) is 0 Å². The Balaban J connectivity index is 4.16. The summed E-state index contributed by atoms with van der Waals surface area (Å²) in [6.45, 7) is 0.180. The van der Waals surface area contributed by atoms with Crippen molar-refractivity contribution < 1.29 is 17.5 Å². The normalized spacial score (nSPS) is 13.6. The zero-order valence-corrected chi connectivity index (χ0v) is 6.93. The van der Waals surface area contributed by atoms with Gasteiger partial charge >= 0.3 is 10.1 Å². The smallest absolute Gasteiger partial charge is 0.302 e. The van der Waals surface area contributed by atoms with E-state index in [0.29, 0.717) is 0 Å². The summed E-state index contributed by atoms with van der Waals surface area (Å²) in [5, 5.41) is 0. The van der Waals surface area contributed by atoms with Crippen LogP contribution in [0.5, 0.6) is 0 Å². The summed E-state index contributed by atoms with van der Waals surface area (Å²) in [5.74, 6) is -0.344. The molecule has 0 heterocycles. The van der Waals surface area contributed by atoms with Gasteiger partial charge in [-0.1, -0.05) is 0 Å². The second kappa shape index (κ2) is 2.83. The fourth-order valence-corrected chi connectivity index (χ4v) is 1.48. The highest BCUT2D eigenvalue weighted by molar-refractivity contribution is 7.85. The molecule has 0 aliphatic carbocycles. The summed E-state index contributed by atoms with van der Waals surface area (Å²) >= 11 is 0. The summed E-state index contributed by atoms with van der Waals surface area (Å²) in [6.07, 6.45) is 0. The van der Waals surface area contributed by atoms with E-state index in [2.05, 4.69) is 0 Å². The first-order chi connectivity index (χ1) is 4.27. The summed E-state index contributed by atoms with van der Waals surface area (Å²) in [5.41, 5.74) is 5.21. The number of rotatable bonds is 3. The third-order valence-corrected chi connectivity index (χ3v) is 2.03. The molecule has 6 heteroatoms. The first-order valence-corrected chi connectivity index (χ1v) is 4.35. The summed E-state index contributed by atoms with van der Waals surface area (Å²) in [7, 11) is -0.664. The predicted molar refractivity (Wildman–Crippen MR) is 37.6 cm³/mol. The van der Waals surface area contributed by atoms with Gasteiger partial charge in [-0.05, 0) is 0 Å². The largest absolute Gasteiger partial charge is 0.316 e. The van der Waals surface area contributed by atoms with Crippen molar-refractivity contribution in [3.8, 4) is 0 Å². The zero-order chi connectivity index (χ0) is 8.41. The van der Waals surface area contributed by atoms with Crippen LogP contribution in [0.4, 0.5) is 0 Å². The monoisotopic (exact) mass is 169 g/mol. The average Bonchev–Trinajstić information content (AvgIpc) is 1.60. The van der Waals surface area contributed by atoms with Gasteiger partial charge in [0.2, 0.25) is 5.88 Å². The molecule has 0 unspecified atom stereocenters. The predicted octanol–water partition coefficient (Wildman–Crippen LogP) is -1.18. The molecule has 0 fully saturated rings. The topological polar surface area (TPSA) is 80.4 Å². The highest BCUT2D eigenvalue weighted by atomic mass is 32.2. The van der Waals surface area contributed by atoms with E-state index in [0.717, 1.165) is 0 Å². The molecule has 0 aromatic rings. The maximum absolute atomic E-state index is 10.3. The number of hydrogen-bond donors (Lipinski definition) is 2. The van der Waals surface area contributed by atoms with Gasteiger partial charge in [-0.2, -0.15) is 8.42 Å². The SMILES string of the molecule is C[N+](C)(CN)CS(=O)(=O)O. The maximum Gasteiger partial charge on any atom is 0.316 e. The Morgan fingerprint density at radius 3 is 2.00 bits per heavy atom. The molecule has 0 bridgehead atoms. The molecule has 0 amide bonds. The van der Waals surface area contributed by atoms with Gasteiger partial charge in [0.05, 0.1) is 14.1 Å². The minimum atomic E-state index is -3.90. The zero-order valence-electron chi connectivity index (χ0n) is 6.11. The van der Waals surface area contributed by atoms with Gasteiger partial charge in [0, 0.05) is 0 Å². The molecule has 0 rings (SSSR count). The van der Waals surface area contributed by atoms with Gasteiger partial charge in [0.25, 0.3) is 0 Å². The van der Waals surface area contributed by atoms with Crippen molar-refractivity contribution in [1.29, 1.82) is 0 Å². The number of quaternary nitrogens is 1. The number of nitrogens with two attached hydrogens (primary N) is 1. The fourth-order valence-electron chi connectivity index (χ4n) is 0.494. The molecular formula is C4H13N2O3S+.